The standard InChI is InChI=1S/C19H33FO7P2S/c1-5-24-28(22,25-6-2)19(21,29(23,26-7-3)27-8-4)15-9-10-16-30-18-13-11-17(20)12-14-18/h11-14,21H,5-10,15-16H2,1-4H3. The van der Waals surface area contributed by atoms with Gasteiger partial charge in [-0.1, -0.05) is 0 Å². The lowest BCUT2D eigenvalue weighted by atomic mass is 10.2. The van der Waals surface area contributed by atoms with Crippen molar-refractivity contribution in [2.75, 3.05) is 32.2 Å². The fourth-order valence-corrected chi connectivity index (χ4v) is 8.78. The highest BCUT2D eigenvalue weighted by atomic mass is 32.2. The lowest BCUT2D eigenvalue weighted by Gasteiger charge is -2.38. The molecule has 0 aromatic heterocycles. The molecule has 0 atom stereocenters. The van der Waals surface area contributed by atoms with E-state index < -0.39 is 20.3 Å². The molecule has 0 amide bonds. The highest BCUT2D eigenvalue weighted by Gasteiger charge is 2.64. The van der Waals surface area contributed by atoms with Crippen LogP contribution in [0.5, 0.6) is 0 Å². The topological polar surface area (TPSA) is 91.3 Å². The van der Waals surface area contributed by atoms with Crippen molar-refractivity contribution >= 4 is 27.0 Å². The summed E-state index contributed by atoms with van der Waals surface area (Å²) in [6.07, 6.45) is 0.839. The Bertz CT molecular complexity index is 667. The van der Waals surface area contributed by atoms with Crippen LogP contribution in [0.2, 0.25) is 0 Å². The van der Waals surface area contributed by atoms with E-state index in [1.165, 1.54) is 23.9 Å². The third-order valence-corrected chi connectivity index (χ3v) is 11.2. The Labute approximate surface area is 183 Å². The molecule has 0 unspecified atom stereocenters. The number of aliphatic hydroxyl groups is 1. The zero-order chi connectivity index (χ0) is 22.7. The molecule has 1 rings (SSSR count). The number of thioether (sulfide) groups is 1. The SMILES string of the molecule is CCOP(=O)(OCC)C(O)(CCCCSc1ccc(F)cc1)P(=O)(OCC)OCC. The average molecular weight is 486 g/mol. The second-order valence-corrected chi connectivity index (χ2v) is 12.2. The van der Waals surface area contributed by atoms with Gasteiger partial charge in [-0.05, 0) is 77.0 Å². The largest absolute Gasteiger partial charge is 0.374 e. The van der Waals surface area contributed by atoms with Gasteiger partial charge in [-0.3, -0.25) is 9.13 Å². The van der Waals surface area contributed by atoms with Crippen LogP contribution in [0.3, 0.4) is 0 Å². The number of rotatable bonds is 16. The average Bonchev–Trinajstić information content (AvgIpc) is 2.69. The maximum atomic E-state index is 13.5. The minimum atomic E-state index is -4.24. The Kier molecular flexibility index (Phi) is 12.4. The molecule has 7 nitrogen and oxygen atoms in total. The first-order valence-electron chi connectivity index (χ1n) is 10.1. The number of benzene rings is 1. The molecule has 0 heterocycles. The van der Waals surface area contributed by atoms with Crippen LogP contribution in [0.25, 0.3) is 0 Å². The molecule has 0 saturated heterocycles. The van der Waals surface area contributed by atoms with Crippen LogP contribution >= 0.6 is 27.0 Å². The Balaban J connectivity index is 2.98. The van der Waals surface area contributed by atoms with Gasteiger partial charge < -0.3 is 23.2 Å². The summed E-state index contributed by atoms with van der Waals surface area (Å²) in [5.41, 5.74) is 0. The summed E-state index contributed by atoms with van der Waals surface area (Å²) < 4.78 is 61.2. The molecule has 0 fully saturated rings. The molecule has 0 spiro atoms. The van der Waals surface area contributed by atoms with Crippen LogP contribution in [0.1, 0.15) is 47.0 Å². The summed E-state index contributed by atoms with van der Waals surface area (Å²) in [5, 5.41) is 9.03. The molecule has 30 heavy (non-hydrogen) atoms. The molecule has 1 aromatic carbocycles. The maximum Gasteiger partial charge on any atom is 0.374 e. The Hall–Kier alpha value is -0.240. The van der Waals surface area contributed by atoms with Gasteiger partial charge in [0.05, 0.1) is 26.4 Å². The van der Waals surface area contributed by atoms with Crippen LogP contribution in [0.4, 0.5) is 4.39 Å². The number of halogens is 1. The van der Waals surface area contributed by atoms with E-state index in [1.807, 2.05) is 0 Å². The zero-order valence-corrected chi connectivity index (χ0v) is 20.6. The second-order valence-electron chi connectivity index (χ2n) is 6.20. The van der Waals surface area contributed by atoms with Crippen molar-refractivity contribution in [3.05, 3.63) is 30.1 Å². The summed E-state index contributed by atoms with van der Waals surface area (Å²) in [4.78, 5) is 0.912. The van der Waals surface area contributed by atoms with Crippen molar-refractivity contribution in [2.45, 2.75) is 56.9 Å². The van der Waals surface area contributed by atoms with E-state index in [4.69, 9.17) is 18.1 Å². The molecule has 0 bridgehead atoms. The highest BCUT2D eigenvalue weighted by molar-refractivity contribution is 7.99. The first kappa shape index (κ1) is 27.8. The first-order valence-corrected chi connectivity index (χ1v) is 14.2. The molecule has 0 saturated carbocycles. The van der Waals surface area contributed by atoms with E-state index >= 15 is 0 Å². The molecule has 0 aliphatic rings. The lowest BCUT2D eigenvalue weighted by molar-refractivity contribution is 0.0762. The third-order valence-electron chi connectivity index (χ3n) is 4.06. The van der Waals surface area contributed by atoms with Gasteiger partial charge >= 0.3 is 15.2 Å². The molecule has 11 heteroatoms. The van der Waals surface area contributed by atoms with Gasteiger partial charge in [0.2, 0.25) is 0 Å². The number of hydrogen-bond donors (Lipinski definition) is 1. The monoisotopic (exact) mass is 486 g/mol. The molecule has 0 aliphatic heterocycles. The molecule has 1 N–H and O–H groups in total. The third kappa shape index (κ3) is 7.14. The molecule has 0 radical (unpaired) electrons. The Morgan fingerprint density at radius 1 is 0.867 bits per heavy atom. The van der Waals surface area contributed by atoms with Crippen molar-refractivity contribution in [3.8, 4) is 0 Å². The lowest BCUT2D eigenvalue weighted by Crippen LogP contribution is -2.33. The second kappa shape index (κ2) is 13.3. The normalized spacial score (nSPS) is 13.0. The summed E-state index contributed by atoms with van der Waals surface area (Å²) in [5.74, 6) is 0.373. The van der Waals surface area contributed by atoms with Crippen LogP contribution in [0, 0.1) is 5.82 Å². The van der Waals surface area contributed by atoms with Crippen molar-refractivity contribution in [2.24, 2.45) is 0 Å². The van der Waals surface area contributed by atoms with Gasteiger partial charge in [-0.25, -0.2) is 4.39 Å². The first-order chi connectivity index (χ1) is 14.2. The summed E-state index contributed by atoms with van der Waals surface area (Å²) in [7, 11) is -8.48. The summed E-state index contributed by atoms with van der Waals surface area (Å²) in [6.45, 7) is 6.43. The van der Waals surface area contributed by atoms with Crippen LogP contribution in [-0.2, 0) is 27.2 Å². The van der Waals surface area contributed by atoms with Crippen LogP contribution in [-0.4, -0.2) is 42.4 Å². The van der Waals surface area contributed by atoms with Crippen molar-refractivity contribution in [3.63, 3.8) is 0 Å². The van der Waals surface area contributed by atoms with Gasteiger partial charge in [0.25, 0.3) is 5.08 Å². The predicted octanol–water partition coefficient (Wildman–Crippen LogP) is 6.27. The van der Waals surface area contributed by atoms with E-state index in [0.717, 1.165) is 4.90 Å². The smallest absolute Gasteiger partial charge is 0.368 e. The summed E-state index contributed by atoms with van der Waals surface area (Å²) in [6, 6.07) is 6.16. The molecular formula is C19H33FO7P2S. The van der Waals surface area contributed by atoms with E-state index in [9.17, 15) is 18.6 Å². The van der Waals surface area contributed by atoms with Crippen molar-refractivity contribution in [1.82, 2.24) is 0 Å². The van der Waals surface area contributed by atoms with Crippen molar-refractivity contribution < 1.29 is 36.7 Å². The van der Waals surface area contributed by atoms with Crippen molar-refractivity contribution in [1.29, 1.82) is 0 Å². The minimum Gasteiger partial charge on any atom is -0.368 e. The Morgan fingerprint density at radius 2 is 1.30 bits per heavy atom. The van der Waals surface area contributed by atoms with E-state index in [0.29, 0.717) is 18.6 Å². The minimum absolute atomic E-state index is 0.00173. The predicted molar refractivity (Wildman–Crippen MR) is 118 cm³/mol. The number of unbranched alkanes of at least 4 members (excludes halogenated alkanes) is 1. The van der Waals surface area contributed by atoms with E-state index in [-0.39, 0.29) is 38.7 Å². The fraction of sp³-hybridized carbons (Fsp3) is 0.684. The zero-order valence-electron chi connectivity index (χ0n) is 18.0. The van der Waals surface area contributed by atoms with E-state index in [1.54, 1.807) is 39.8 Å². The highest BCUT2D eigenvalue weighted by Crippen LogP contribution is 2.78. The Morgan fingerprint density at radius 3 is 1.70 bits per heavy atom. The summed E-state index contributed by atoms with van der Waals surface area (Å²) >= 11 is 1.52. The fourth-order valence-electron chi connectivity index (χ4n) is 2.78. The maximum absolute atomic E-state index is 13.5. The van der Waals surface area contributed by atoms with E-state index in [2.05, 4.69) is 0 Å². The molecule has 0 aliphatic carbocycles. The van der Waals surface area contributed by atoms with Crippen LogP contribution < -0.4 is 0 Å². The van der Waals surface area contributed by atoms with Crippen LogP contribution in [0.15, 0.2) is 29.2 Å². The van der Waals surface area contributed by atoms with Gasteiger partial charge in [0, 0.05) is 4.90 Å². The molecule has 174 valence electrons. The van der Waals surface area contributed by atoms with Gasteiger partial charge in [0.15, 0.2) is 0 Å². The molecule has 1 aromatic rings. The number of hydrogen-bond acceptors (Lipinski definition) is 8. The van der Waals surface area contributed by atoms with Gasteiger partial charge in [0.1, 0.15) is 5.82 Å². The quantitative estimate of drug-likeness (QED) is 0.166. The molecular weight excluding hydrogens is 453 g/mol. The van der Waals surface area contributed by atoms with Gasteiger partial charge in [-0.2, -0.15) is 0 Å². The van der Waals surface area contributed by atoms with Gasteiger partial charge in [-0.15, -0.1) is 11.8 Å².